The van der Waals surface area contributed by atoms with Crippen molar-refractivity contribution in [2.45, 2.75) is 140 Å². The molecule has 5 rings (SSSR count). The van der Waals surface area contributed by atoms with E-state index in [-0.39, 0.29) is 36.7 Å². The highest BCUT2D eigenvalue weighted by atomic mass is 16.7. The highest BCUT2D eigenvalue weighted by Gasteiger charge is 2.73. The molecule has 4 aliphatic carbocycles. The second kappa shape index (κ2) is 12.3. The van der Waals surface area contributed by atoms with Crippen molar-refractivity contribution in [1.82, 2.24) is 0 Å². The summed E-state index contributed by atoms with van der Waals surface area (Å²) in [5, 5.41) is 97.6. The fraction of sp³-hybridized carbons (Fsp3) is 1.00. The Bertz CT molecular complexity index is 970. The predicted octanol–water partition coefficient (Wildman–Crippen LogP) is -0.0976. The number of hydrogen-bond donors (Lipinski definition) is 9. The molecule has 0 aromatic heterocycles. The average Bonchev–Trinajstić information content (AvgIpc) is 3.14. The van der Waals surface area contributed by atoms with Crippen molar-refractivity contribution < 1.29 is 55.4 Å². The number of aliphatic hydroxyl groups is 9. The van der Waals surface area contributed by atoms with Gasteiger partial charge in [-0.2, -0.15) is 0 Å². The van der Waals surface area contributed by atoms with Crippen molar-refractivity contribution in [1.29, 1.82) is 0 Å². The third-order valence-corrected chi connectivity index (χ3v) is 12.9. The molecule has 0 aromatic carbocycles. The van der Waals surface area contributed by atoms with Gasteiger partial charge >= 0.3 is 0 Å². The Balaban J connectivity index is 1.22. The first-order valence-electron chi connectivity index (χ1n) is 16.5. The van der Waals surface area contributed by atoms with Gasteiger partial charge in [0.2, 0.25) is 0 Å². The second-order valence-electron chi connectivity index (χ2n) is 15.6. The van der Waals surface area contributed by atoms with Crippen LogP contribution in [0.25, 0.3) is 0 Å². The lowest BCUT2D eigenvalue weighted by molar-refractivity contribution is -0.280. The van der Waals surface area contributed by atoms with Gasteiger partial charge in [-0.15, -0.1) is 0 Å². The number of hydrogen-bond acceptors (Lipinski definition) is 11. The molecule has 5 fully saturated rings. The highest BCUT2D eigenvalue weighted by molar-refractivity contribution is 5.22. The standard InChI is InChI=1S/C32H56O11/c1-15(13-42-29-27(40)24(37)19(35)14-43-29)6-5-7-16(2)21-25(38)26(39)28-31(21,4)11-9-20-30(3)10-8-17(33)23(36)22(30)18(34)12-32(20,28)41/h15-29,33-41H,5-14H2,1-4H3/t15?,16-,17?,18?,19-,20-,21+,22?,23?,24+,25?,26?,27-,28-,29-,30-,31-,32+/m1/s1. The summed E-state index contributed by atoms with van der Waals surface area (Å²) in [6.07, 6.45) is -5.15. The minimum Gasteiger partial charge on any atom is -0.393 e. The summed E-state index contributed by atoms with van der Waals surface area (Å²) in [6, 6.07) is 0. The molecule has 4 saturated carbocycles. The van der Waals surface area contributed by atoms with Gasteiger partial charge in [-0.1, -0.05) is 40.5 Å². The topological polar surface area (TPSA) is 201 Å². The molecular weight excluding hydrogens is 560 g/mol. The molecule has 0 spiro atoms. The molecule has 7 unspecified atom stereocenters. The first kappa shape index (κ1) is 33.9. The zero-order valence-electron chi connectivity index (χ0n) is 26.1. The molecule has 250 valence electrons. The van der Waals surface area contributed by atoms with Crippen molar-refractivity contribution in [3.8, 4) is 0 Å². The number of ether oxygens (including phenoxy) is 2. The molecule has 0 aromatic rings. The van der Waals surface area contributed by atoms with E-state index in [1.54, 1.807) is 0 Å². The maximum Gasteiger partial charge on any atom is 0.186 e. The normalized spacial score (nSPS) is 54.8. The first-order valence-corrected chi connectivity index (χ1v) is 16.5. The molecule has 11 nitrogen and oxygen atoms in total. The lowest BCUT2D eigenvalue weighted by atomic mass is 9.41. The summed E-state index contributed by atoms with van der Waals surface area (Å²) in [6.45, 7) is 8.40. The van der Waals surface area contributed by atoms with Crippen LogP contribution >= 0.6 is 0 Å². The third-order valence-electron chi connectivity index (χ3n) is 12.9. The largest absolute Gasteiger partial charge is 0.393 e. The molecule has 9 N–H and O–H groups in total. The Hall–Kier alpha value is -0.440. The van der Waals surface area contributed by atoms with Gasteiger partial charge in [0.05, 0.1) is 49.3 Å². The maximum atomic E-state index is 12.5. The Morgan fingerprint density at radius 3 is 2.14 bits per heavy atom. The molecule has 18 atom stereocenters. The number of fused-ring (bicyclic) bond motifs is 5. The lowest BCUT2D eigenvalue weighted by Crippen LogP contribution is -2.71. The molecule has 0 bridgehead atoms. The van der Waals surface area contributed by atoms with Crippen molar-refractivity contribution in [3.05, 3.63) is 0 Å². The molecule has 1 heterocycles. The molecule has 43 heavy (non-hydrogen) atoms. The van der Waals surface area contributed by atoms with Crippen LogP contribution in [0.15, 0.2) is 0 Å². The summed E-state index contributed by atoms with van der Waals surface area (Å²) in [5.41, 5.74) is -2.56. The van der Waals surface area contributed by atoms with Crippen LogP contribution in [0.2, 0.25) is 0 Å². The van der Waals surface area contributed by atoms with Crippen molar-refractivity contribution in [3.63, 3.8) is 0 Å². The third kappa shape index (κ3) is 5.52. The minimum absolute atomic E-state index is 0.000248. The summed E-state index contributed by atoms with van der Waals surface area (Å²) < 4.78 is 11.0. The van der Waals surface area contributed by atoms with Crippen LogP contribution in [0.1, 0.15) is 79.1 Å². The lowest BCUT2D eigenvalue weighted by Gasteiger charge is -2.66. The zero-order valence-corrected chi connectivity index (χ0v) is 26.1. The molecule has 1 saturated heterocycles. The number of rotatable bonds is 8. The van der Waals surface area contributed by atoms with Crippen LogP contribution < -0.4 is 0 Å². The van der Waals surface area contributed by atoms with E-state index in [4.69, 9.17) is 9.47 Å². The van der Waals surface area contributed by atoms with Crippen molar-refractivity contribution in [2.75, 3.05) is 13.2 Å². The average molecular weight is 617 g/mol. The van der Waals surface area contributed by atoms with Gasteiger partial charge in [0, 0.05) is 18.3 Å². The monoisotopic (exact) mass is 616 g/mol. The van der Waals surface area contributed by atoms with Gasteiger partial charge in [0.15, 0.2) is 6.29 Å². The smallest absolute Gasteiger partial charge is 0.186 e. The van der Waals surface area contributed by atoms with Crippen LogP contribution in [0, 0.1) is 46.3 Å². The van der Waals surface area contributed by atoms with Crippen molar-refractivity contribution in [2.24, 2.45) is 46.3 Å². The van der Waals surface area contributed by atoms with Crippen LogP contribution in [0.4, 0.5) is 0 Å². The summed E-state index contributed by atoms with van der Waals surface area (Å²) in [7, 11) is 0. The Morgan fingerprint density at radius 1 is 0.767 bits per heavy atom. The highest BCUT2D eigenvalue weighted by Crippen LogP contribution is 2.69. The van der Waals surface area contributed by atoms with Crippen LogP contribution in [0.5, 0.6) is 0 Å². The van der Waals surface area contributed by atoms with E-state index in [2.05, 4.69) is 13.8 Å². The maximum absolute atomic E-state index is 12.5. The Labute approximate surface area is 254 Å². The van der Waals surface area contributed by atoms with E-state index in [1.165, 1.54) is 0 Å². The fourth-order valence-electron chi connectivity index (χ4n) is 10.9. The molecule has 0 radical (unpaired) electrons. The Morgan fingerprint density at radius 2 is 1.44 bits per heavy atom. The molecule has 5 aliphatic rings. The van der Waals surface area contributed by atoms with E-state index in [0.29, 0.717) is 32.3 Å². The van der Waals surface area contributed by atoms with Gasteiger partial charge in [-0.05, 0) is 66.6 Å². The zero-order chi connectivity index (χ0) is 31.6. The van der Waals surface area contributed by atoms with Gasteiger partial charge in [0.25, 0.3) is 0 Å². The van der Waals surface area contributed by atoms with Gasteiger partial charge in [-0.25, -0.2) is 0 Å². The van der Waals surface area contributed by atoms with Crippen LogP contribution in [-0.4, -0.2) is 120 Å². The van der Waals surface area contributed by atoms with E-state index in [0.717, 1.165) is 19.3 Å². The summed E-state index contributed by atoms with van der Waals surface area (Å²) in [5.74, 6) is -1.52. The molecule has 11 heteroatoms. The van der Waals surface area contributed by atoms with Crippen LogP contribution in [-0.2, 0) is 9.47 Å². The van der Waals surface area contributed by atoms with Gasteiger partial charge < -0.3 is 55.4 Å². The summed E-state index contributed by atoms with van der Waals surface area (Å²) in [4.78, 5) is 0. The molecule has 0 amide bonds. The summed E-state index contributed by atoms with van der Waals surface area (Å²) >= 11 is 0. The van der Waals surface area contributed by atoms with Gasteiger partial charge in [-0.3, -0.25) is 0 Å². The minimum atomic E-state index is -1.41. The molecule has 1 aliphatic heterocycles. The fourth-order valence-corrected chi connectivity index (χ4v) is 10.9. The number of aliphatic hydroxyl groups excluding tert-OH is 8. The van der Waals surface area contributed by atoms with E-state index < -0.39 is 83.4 Å². The van der Waals surface area contributed by atoms with Crippen molar-refractivity contribution >= 4 is 0 Å². The quantitative estimate of drug-likeness (QED) is 0.176. The predicted molar refractivity (Wildman–Crippen MR) is 154 cm³/mol. The van der Waals surface area contributed by atoms with E-state index in [1.807, 2.05) is 13.8 Å². The van der Waals surface area contributed by atoms with E-state index in [9.17, 15) is 46.0 Å². The molecular formula is C32H56O11. The Kier molecular flexibility index (Phi) is 9.70. The van der Waals surface area contributed by atoms with Gasteiger partial charge in [0.1, 0.15) is 18.3 Å². The van der Waals surface area contributed by atoms with Crippen LogP contribution in [0.3, 0.4) is 0 Å². The first-order chi connectivity index (χ1) is 20.1. The second-order valence-corrected chi connectivity index (χ2v) is 15.6. The SMILES string of the molecule is CC(CCC[C@@H](C)[C@H]1C(O)C(O)[C@@H]2[C@]1(C)CC[C@H]1[C@@]2(O)CC(O)C2C(O)C(O)CC[C@@]21C)CO[C@@H]1OC[C@@H](O)[C@H](O)[C@H]1O. The van der Waals surface area contributed by atoms with E-state index >= 15 is 0 Å².